The lowest BCUT2D eigenvalue weighted by molar-refractivity contribution is -0.130. The van der Waals surface area contributed by atoms with Crippen molar-refractivity contribution in [2.75, 3.05) is 11.1 Å². The van der Waals surface area contributed by atoms with Crippen molar-refractivity contribution < 1.29 is 9.59 Å². The molecule has 0 bridgehead atoms. The number of nitrogens with zero attached hydrogens (tertiary/aromatic N) is 3. The van der Waals surface area contributed by atoms with Crippen molar-refractivity contribution >= 4 is 40.5 Å². The summed E-state index contributed by atoms with van der Waals surface area (Å²) in [5, 5.41) is 10.5. The van der Waals surface area contributed by atoms with Gasteiger partial charge in [0, 0.05) is 5.75 Å². The topological polar surface area (TPSA) is 75.2 Å². The van der Waals surface area contributed by atoms with E-state index < -0.39 is 6.04 Å². The van der Waals surface area contributed by atoms with Crippen LogP contribution in [0.4, 0.5) is 5.13 Å². The van der Waals surface area contributed by atoms with Gasteiger partial charge in [-0.1, -0.05) is 11.3 Å². The third-order valence-corrected chi connectivity index (χ3v) is 4.56. The van der Waals surface area contributed by atoms with Crippen molar-refractivity contribution in [2.45, 2.75) is 24.8 Å². The second-order valence-corrected chi connectivity index (χ2v) is 6.47. The van der Waals surface area contributed by atoms with Crippen molar-refractivity contribution in [3.05, 3.63) is 5.51 Å². The first kappa shape index (κ1) is 12.3. The molecule has 2 amide bonds. The monoisotopic (exact) mass is 272 g/mol. The highest BCUT2D eigenvalue weighted by atomic mass is 32.2. The Labute approximate surface area is 107 Å². The van der Waals surface area contributed by atoms with Crippen molar-refractivity contribution in [3.63, 3.8) is 0 Å². The van der Waals surface area contributed by atoms with E-state index in [4.69, 9.17) is 0 Å². The molecule has 0 aromatic carbocycles. The zero-order valence-corrected chi connectivity index (χ0v) is 11.0. The van der Waals surface area contributed by atoms with Crippen LogP contribution in [0, 0.1) is 0 Å². The average Bonchev–Trinajstić information content (AvgIpc) is 2.85. The SMILES string of the molecule is CC1(C)SC[C@@H](C(=O)Nc2nncs2)N1C=O. The quantitative estimate of drug-likeness (QED) is 0.823. The maximum absolute atomic E-state index is 12.0. The standard InChI is InChI=1S/C9H12N4O2S2/c1-9(2)13(5-14)6(3-17-9)7(15)11-8-12-10-4-16-8/h4-6H,3H2,1-2H3,(H,11,12,15)/t6-/m0/s1. The third-order valence-electron chi connectivity index (χ3n) is 2.56. The molecule has 0 saturated carbocycles. The summed E-state index contributed by atoms with van der Waals surface area (Å²) in [6.45, 7) is 3.84. The van der Waals surface area contributed by atoms with E-state index in [1.807, 2.05) is 13.8 Å². The number of anilines is 1. The van der Waals surface area contributed by atoms with E-state index in [1.165, 1.54) is 16.2 Å². The molecule has 2 rings (SSSR count). The van der Waals surface area contributed by atoms with Gasteiger partial charge in [0.1, 0.15) is 11.6 Å². The molecule has 1 aliphatic rings. The van der Waals surface area contributed by atoms with Crippen LogP contribution in [0.3, 0.4) is 0 Å². The molecule has 1 atom stereocenters. The van der Waals surface area contributed by atoms with Gasteiger partial charge in [-0.15, -0.1) is 22.0 Å². The lowest BCUT2D eigenvalue weighted by Crippen LogP contribution is -2.47. The van der Waals surface area contributed by atoms with Crippen LogP contribution in [0.2, 0.25) is 0 Å². The lowest BCUT2D eigenvalue weighted by atomic mass is 10.2. The second kappa shape index (κ2) is 4.61. The minimum absolute atomic E-state index is 0.216. The average molecular weight is 272 g/mol. The number of hydrogen-bond acceptors (Lipinski definition) is 6. The van der Waals surface area contributed by atoms with Crippen LogP contribution in [0.25, 0.3) is 0 Å². The van der Waals surface area contributed by atoms with Gasteiger partial charge in [-0.3, -0.25) is 14.9 Å². The van der Waals surface area contributed by atoms with Crippen molar-refractivity contribution in [3.8, 4) is 0 Å². The predicted molar refractivity (Wildman–Crippen MR) is 66.8 cm³/mol. The van der Waals surface area contributed by atoms with Crippen LogP contribution >= 0.6 is 23.1 Å². The summed E-state index contributed by atoms with van der Waals surface area (Å²) in [7, 11) is 0. The highest BCUT2D eigenvalue weighted by molar-refractivity contribution is 8.00. The van der Waals surface area contributed by atoms with Gasteiger partial charge in [0.05, 0.1) is 4.87 Å². The molecule has 17 heavy (non-hydrogen) atoms. The molecule has 1 aliphatic heterocycles. The summed E-state index contributed by atoms with van der Waals surface area (Å²) in [6.07, 6.45) is 0.727. The summed E-state index contributed by atoms with van der Waals surface area (Å²) >= 11 is 2.83. The van der Waals surface area contributed by atoms with Gasteiger partial charge in [0.25, 0.3) is 0 Å². The minimum atomic E-state index is -0.448. The molecular weight excluding hydrogens is 260 g/mol. The number of nitrogens with one attached hydrogen (secondary N) is 1. The molecule has 0 spiro atoms. The van der Waals surface area contributed by atoms with Crippen molar-refractivity contribution in [1.29, 1.82) is 0 Å². The van der Waals surface area contributed by atoms with Gasteiger partial charge in [-0.05, 0) is 13.8 Å². The highest BCUT2D eigenvalue weighted by Gasteiger charge is 2.43. The highest BCUT2D eigenvalue weighted by Crippen LogP contribution is 2.37. The van der Waals surface area contributed by atoms with Crippen LogP contribution in [0.5, 0.6) is 0 Å². The first-order chi connectivity index (χ1) is 8.04. The molecular formula is C9H12N4O2S2. The fourth-order valence-corrected chi connectivity index (χ4v) is 3.28. The van der Waals surface area contributed by atoms with Gasteiger partial charge in [-0.2, -0.15) is 0 Å². The number of carbonyl (C=O) groups is 2. The maximum atomic E-state index is 12.0. The Hall–Kier alpha value is -1.15. The van der Waals surface area contributed by atoms with E-state index in [0.717, 1.165) is 6.41 Å². The molecule has 8 heteroatoms. The first-order valence-electron chi connectivity index (χ1n) is 4.99. The predicted octanol–water partition coefficient (Wildman–Crippen LogP) is 0.786. The number of hydrogen-bond donors (Lipinski definition) is 1. The van der Waals surface area contributed by atoms with E-state index in [1.54, 1.807) is 17.3 Å². The fourth-order valence-electron chi connectivity index (χ4n) is 1.63. The largest absolute Gasteiger partial charge is 0.318 e. The van der Waals surface area contributed by atoms with Gasteiger partial charge in [0.15, 0.2) is 0 Å². The van der Waals surface area contributed by atoms with E-state index in [0.29, 0.717) is 10.9 Å². The number of rotatable bonds is 3. The van der Waals surface area contributed by atoms with Crippen LogP contribution in [0.1, 0.15) is 13.8 Å². The zero-order valence-electron chi connectivity index (χ0n) is 9.41. The molecule has 1 aromatic heterocycles. The third kappa shape index (κ3) is 2.42. The van der Waals surface area contributed by atoms with Gasteiger partial charge in [0.2, 0.25) is 17.4 Å². The minimum Gasteiger partial charge on any atom is -0.318 e. The molecule has 2 heterocycles. The van der Waals surface area contributed by atoms with Crippen LogP contribution in [0.15, 0.2) is 5.51 Å². The summed E-state index contributed by atoms with van der Waals surface area (Å²) in [4.78, 5) is 24.2. The number of amides is 2. The summed E-state index contributed by atoms with van der Waals surface area (Å²) in [5.74, 6) is 0.378. The normalized spacial score (nSPS) is 22.5. The second-order valence-electron chi connectivity index (χ2n) is 4.02. The lowest BCUT2D eigenvalue weighted by Gasteiger charge is -2.29. The van der Waals surface area contributed by atoms with Crippen LogP contribution < -0.4 is 5.32 Å². The molecule has 0 unspecified atom stereocenters. The fraction of sp³-hybridized carbons (Fsp3) is 0.556. The van der Waals surface area contributed by atoms with Crippen LogP contribution in [-0.4, -0.2) is 44.1 Å². The van der Waals surface area contributed by atoms with E-state index in [-0.39, 0.29) is 10.8 Å². The molecule has 1 fully saturated rings. The van der Waals surface area contributed by atoms with E-state index >= 15 is 0 Å². The number of carbonyl (C=O) groups excluding carboxylic acids is 2. The Bertz CT molecular complexity index is 421. The van der Waals surface area contributed by atoms with Gasteiger partial charge >= 0.3 is 0 Å². The van der Waals surface area contributed by atoms with E-state index in [9.17, 15) is 9.59 Å². The van der Waals surface area contributed by atoms with Crippen molar-refractivity contribution in [2.24, 2.45) is 0 Å². The Morgan fingerprint density at radius 3 is 3.06 bits per heavy atom. The smallest absolute Gasteiger partial charge is 0.249 e. The van der Waals surface area contributed by atoms with Crippen molar-refractivity contribution in [1.82, 2.24) is 15.1 Å². The number of thioether (sulfide) groups is 1. The van der Waals surface area contributed by atoms with Crippen LogP contribution in [-0.2, 0) is 9.59 Å². The molecule has 6 nitrogen and oxygen atoms in total. The maximum Gasteiger partial charge on any atom is 0.249 e. The van der Waals surface area contributed by atoms with Gasteiger partial charge < -0.3 is 4.90 Å². The van der Waals surface area contributed by atoms with Gasteiger partial charge in [-0.25, -0.2) is 0 Å². The Balaban J connectivity index is 2.07. The Morgan fingerprint density at radius 2 is 2.47 bits per heavy atom. The Kier molecular flexibility index (Phi) is 3.34. The summed E-state index contributed by atoms with van der Waals surface area (Å²) in [6, 6.07) is -0.448. The van der Waals surface area contributed by atoms with E-state index in [2.05, 4.69) is 15.5 Å². The summed E-state index contributed by atoms with van der Waals surface area (Å²) in [5.41, 5.74) is 1.54. The molecule has 0 aliphatic carbocycles. The Morgan fingerprint density at radius 1 is 1.71 bits per heavy atom. The molecule has 1 aromatic rings. The molecule has 1 N–H and O–H groups in total. The molecule has 1 saturated heterocycles. The molecule has 92 valence electrons. The molecule has 0 radical (unpaired) electrons. The zero-order chi connectivity index (χ0) is 12.5. The summed E-state index contributed by atoms with van der Waals surface area (Å²) < 4.78 is 0. The first-order valence-corrected chi connectivity index (χ1v) is 6.86. The number of aromatic nitrogens is 2.